The summed E-state index contributed by atoms with van der Waals surface area (Å²) >= 11 is 0. The van der Waals surface area contributed by atoms with Gasteiger partial charge in [0.1, 0.15) is 17.5 Å². The normalized spacial score (nSPS) is 10.1. The number of aryl methyl sites for hydroxylation is 1. The number of rotatable bonds is 5. The maximum atomic E-state index is 4.47. The highest BCUT2D eigenvalue weighted by molar-refractivity contribution is 5.56. The van der Waals surface area contributed by atoms with Gasteiger partial charge in [0, 0.05) is 25.6 Å². The molecule has 1 aromatic rings. The Morgan fingerprint density at radius 3 is 2.33 bits per heavy atom. The standard InChI is InChI=1S/C11H20N4/c1-5-7-13-11-8(3)10(12-4)14-9(6-2)15-11/h5-7H2,1-4H3,(H2,12,13,14,15). The van der Waals surface area contributed by atoms with Crippen LogP contribution in [-0.2, 0) is 6.42 Å². The molecule has 0 radical (unpaired) electrons. The molecule has 0 atom stereocenters. The second kappa shape index (κ2) is 5.53. The van der Waals surface area contributed by atoms with Crippen molar-refractivity contribution in [1.29, 1.82) is 0 Å². The minimum absolute atomic E-state index is 0.857. The first-order valence-corrected chi connectivity index (χ1v) is 5.52. The fourth-order valence-electron chi connectivity index (χ4n) is 1.38. The van der Waals surface area contributed by atoms with Crippen LogP contribution in [0.3, 0.4) is 0 Å². The molecule has 84 valence electrons. The van der Waals surface area contributed by atoms with E-state index in [1.165, 1.54) is 0 Å². The lowest BCUT2D eigenvalue weighted by Gasteiger charge is -2.12. The first-order valence-electron chi connectivity index (χ1n) is 5.52. The van der Waals surface area contributed by atoms with Crippen molar-refractivity contribution in [2.45, 2.75) is 33.6 Å². The molecule has 0 aliphatic heterocycles. The molecule has 4 heteroatoms. The van der Waals surface area contributed by atoms with Gasteiger partial charge < -0.3 is 10.6 Å². The Balaban J connectivity index is 3.01. The lowest BCUT2D eigenvalue weighted by Crippen LogP contribution is -2.09. The zero-order valence-electron chi connectivity index (χ0n) is 10.0. The molecule has 2 N–H and O–H groups in total. The van der Waals surface area contributed by atoms with Crippen LogP contribution in [0, 0.1) is 6.92 Å². The van der Waals surface area contributed by atoms with Gasteiger partial charge in [-0.1, -0.05) is 13.8 Å². The third-order valence-corrected chi connectivity index (χ3v) is 2.29. The minimum Gasteiger partial charge on any atom is -0.373 e. The van der Waals surface area contributed by atoms with Gasteiger partial charge in [-0.3, -0.25) is 0 Å². The molecular weight excluding hydrogens is 188 g/mol. The minimum atomic E-state index is 0.857. The molecule has 4 nitrogen and oxygen atoms in total. The molecule has 0 amide bonds. The number of hydrogen-bond acceptors (Lipinski definition) is 4. The molecule has 0 spiro atoms. The number of aromatic nitrogens is 2. The van der Waals surface area contributed by atoms with E-state index in [9.17, 15) is 0 Å². The summed E-state index contributed by atoms with van der Waals surface area (Å²) < 4.78 is 0. The van der Waals surface area contributed by atoms with Gasteiger partial charge in [0.15, 0.2) is 0 Å². The maximum absolute atomic E-state index is 4.47. The van der Waals surface area contributed by atoms with E-state index in [1.807, 2.05) is 14.0 Å². The first-order chi connectivity index (χ1) is 7.22. The van der Waals surface area contributed by atoms with E-state index in [2.05, 4.69) is 34.4 Å². The summed E-state index contributed by atoms with van der Waals surface area (Å²) in [6.07, 6.45) is 1.95. The van der Waals surface area contributed by atoms with E-state index >= 15 is 0 Å². The van der Waals surface area contributed by atoms with Crippen LogP contribution in [0.5, 0.6) is 0 Å². The zero-order chi connectivity index (χ0) is 11.3. The fraction of sp³-hybridized carbons (Fsp3) is 0.636. The summed E-state index contributed by atoms with van der Waals surface area (Å²) in [5, 5.41) is 6.42. The highest BCUT2D eigenvalue weighted by Crippen LogP contribution is 2.19. The molecule has 0 aliphatic carbocycles. The van der Waals surface area contributed by atoms with Gasteiger partial charge in [-0.2, -0.15) is 0 Å². The highest BCUT2D eigenvalue weighted by atomic mass is 15.1. The smallest absolute Gasteiger partial charge is 0.134 e. The van der Waals surface area contributed by atoms with E-state index in [-0.39, 0.29) is 0 Å². The Labute approximate surface area is 91.5 Å². The Kier molecular flexibility index (Phi) is 4.34. The van der Waals surface area contributed by atoms with E-state index < -0.39 is 0 Å². The van der Waals surface area contributed by atoms with Crippen LogP contribution in [0.4, 0.5) is 11.6 Å². The van der Waals surface area contributed by atoms with E-state index in [4.69, 9.17) is 0 Å². The molecule has 0 aromatic carbocycles. The van der Waals surface area contributed by atoms with Crippen molar-refractivity contribution < 1.29 is 0 Å². The average molecular weight is 208 g/mol. The monoisotopic (exact) mass is 208 g/mol. The third-order valence-electron chi connectivity index (χ3n) is 2.29. The molecule has 0 unspecified atom stereocenters. The van der Waals surface area contributed by atoms with Gasteiger partial charge in [-0.05, 0) is 13.3 Å². The summed E-state index contributed by atoms with van der Waals surface area (Å²) in [6.45, 7) is 7.18. The van der Waals surface area contributed by atoms with Crippen molar-refractivity contribution in [3.63, 3.8) is 0 Å². The Morgan fingerprint density at radius 1 is 1.13 bits per heavy atom. The lowest BCUT2D eigenvalue weighted by molar-refractivity contribution is 0.909. The van der Waals surface area contributed by atoms with Gasteiger partial charge in [-0.15, -0.1) is 0 Å². The quantitative estimate of drug-likeness (QED) is 0.779. The molecule has 0 fully saturated rings. The summed E-state index contributed by atoms with van der Waals surface area (Å²) in [6, 6.07) is 0. The van der Waals surface area contributed by atoms with Crippen LogP contribution in [0.15, 0.2) is 0 Å². The molecule has 1 aromatic heterocycles. The molecule has 1 heterocycles. The van der Waals surface area contributed by atoms with E-state index in [0.717, 1.165) is 42.4 Å². The van der Waals surface area contributed by atoms with Crippen LogP contribution in [0.25, 0.3) is 0 Å². The van der Waals surface area contributed by atoms with Crippen LogP contribution in [0.2, 0.25) is 0 Å². The van der Waals surface area contributed by atoms with Crippen LogP contribution >= 0.6 is 0 Å². The molecule has 0 saturated heterocycles. The summed E-state index contributed by atoms with van der Waals surface area (Å²) in [7, 11) is 1.89. The maximum Gasteiger partial charge on any atom is 0.134 e. The van der Waals surface area contributed by atoms with Crippen LogP contribution < -0.4 is 10.6 Å². The lowest BCUT2D eigenvalue weighted by atomic mass is 10.3. The Bertz CT molecular complexity index is 323. The van der Waals surface area contributed by atoms with Crippen molar-refractivity contribution >= 4 is 11.6 Å². The third kappa shape index (κ3) is 2.81. The predicted molar refractivity (Wildman–Crippen MR) is 64.5 cm³/mol. The summed E-state index contributed by atoms with van der Waals surface area (Å²) in [5.74, 6) is 2.75. The van der Waals surface area contributed by atoms with Crippen molar-refractivity contribution in [1.82, 2.24) is 9.97 Å². The molecule has 15 heavy (non-hydrogen) atoms. The highest BCUT2D eigenvalue weighted by Gasteiger charge is 2.07. The van der Waals surface area contributed by atoms with Crippen LogP contribution in [0.1, 0.15) is 31.7 Å². The number of anilines is 2. The van der Waals surface area contributed by atoms with Crippen molar-refractivity contribution in [2.24, 2.45) is 0 Å². The van der Waals surface area contributed by atoms with E-state index in [1.54, 1.807) is 0 Å². The van der Waals surface area contributed by atoms with Crippen molar-refractivity contribution in [3.05, 3.63) is 11.4 Å². The summed E-state index contributed by atoms with van der Waals surface area (Å²) in [5.41, 5.74) is 1.09. The number of nitrogens with one attached hydrogen (secondary N) is 2. The topological polar surface area (TPSA) is 49.8 Å². The summed E-state index contributed by atoms with van der Waals surface area (Å²) in [4.78, 5) is 8.89. The van der Waals surface area contributed by atoms with Gasteiger partial charge in [0.2, 0.25) is 0 Å². The SMILES string of the molecule is CCCNc1nc(CC)nc(NC)c1C. The van der Waals surface area contributed by atoms with Crippen molar-refractivity contribution in [3.8, 4) is 0 Å². The fourth-order valence-corrected chi connectivity index (χ4v) is 1.38. The first kappa shape index (κ1) is 11.8. The second-order valence-corrected chi connectivity index (χ2v) is 3.49. The average Bonchev–Trinajstić information content (AvgIpc) is 2.27. The van der Waals surface area contributed by atoms with Crippen LogP contribution in [-0.4, -0.2) is 23.6 Å². The molecular formula is C11H20N4. The van der Waals surface area contributed by atoms with Gasteiger partial charge in [0.25, 0.3) is 0 Å². The molecule has 1 rings (SSSR count). The Hall–Kier alpha value is -1.32. The number of nitrogens with zero attached hydrogens (tertiary/aromatic N) is 2. The number of hydrogen-bond donors (Lipinski definition) is 2. The molecule has 0 bridgehead atoms. The second-order valence-electron chi connectivity index (χ2n) is 3.49. The predicted octanol–water partition coefficient (Wildman–Crippen LogP) is 2.21. The van der Waals surface area contributed by atoms with Gasteiger partial charge >= 0.3 is 0 Å². The van der Waals surface area contributed by atoms with Crippen molar-refractivity contribution in [2.75, 3.05) is 24.2 Å². The molecule has 0 aliphatic rings. The van der Waals surface area contributed by atoms with Gasteiger partial charge in [0.05, 0.1) is 0 Å². The van der Waals surface area contributed by atoms with Gasteiger partial charge in [-0.25, -0.2) is 9.97 Å². The Morgan fingerprint density at radius 2 is 1.80 bits per heavy atom. The zero-order valence-corrected chi connectivity index (χ0v) is 10.0. The largest absolute Gasteiger partial charge is 0.373 e. The molecule has 0 saturated carbocycles. The van der Waals surface area contributed by atoms with E-state index in [0.29, 0.717) is 0 Å².